The largest absolute Gasteiger partial charge is 0.497 e. The molecule has 0 bridgehead atoms. The molecule has 1 saturated heterocycles. The second kappa shape index (κ2) is 8.62. The first-order valence-electron chi connectivity index (χ1n) is 8.36. The van der Waals surface area contributed by atoms with Crippen molar-refractivity contribution >= 4 is 56.8 Å². The third-order valence-electron chi connectivity index (χ3n) is 4.20. The lowest BCUT2D eigenvalue weighted by molar-refractivity contribution is -0.122. The van der Waals surface area contributed by atoms with Gasteiger partial charge in [-0.15, -0.1) is 0 Å². The van der Waals surface area contributed by atoms with Gasteiger partial charge in [-0.25, -0.2) is 0 Å². The number of nitrogens with one attached hydrogen (secondary N) is 1. The van der Waals surface area contributed by atoms with Crippen molar-refractivity contribution in [3.05, 3.63) is 52.0 Å². The van der Waals surface area contributed by atoms with Gasteiger partial charge in [-0.1, -0.05) is 15.9 Å². The smallest absolute Gasteiger partial charge is 0.270 e. The molecule has 1 heterocycles. The number of amides is 2. The Bertz CT molecular complexity index is 1020. The lowest BCUT2D eigenvalue weighted by atomic mass is 10.1. The number of methoxy groups -OCH3 is 3. The van der Waals surface area contributed by atoms with Gasteiger partial charge in [0.05, 0.1) is 27.0 Å². The third-order valence-corrected chi connectivity index (χ3v) is 4.95. The fourth-order valence-corrected chi connectivity index (χ4v) is 3.58. The zero-order valence-corrected chi connectivity index (χ0v) is 18.2. The van der Waals surface area contributed by atoms with Crippen molar-refractivity contribution in [2.24, 2.45) is 0 Å². The molecule has 0 unspecified atom stereocenters. The number of thiocarbonyl (C=S) groups is 1. The number of halogens is 1. The highest BCUT2D eigenvalue weighted by Gasteiger charge is 2.34. The molecule has 150 valence electrons. The predicted octanol–water partition coefficient (Wildman–Crippen LogP) is 3.31. The van der Waals surface area contributed by atoms with Gasteiger partial charge in [-0.05, 0) is 54.7 Å². The van der Waals surface area contributed by atoms with E-state index in [1.807, 2.05) is 0 Å². The monoisotopic (exact) mass is 476 g/mol. The summed E-state index contributed by atoms with van der Waals surface area (Å²) in [6, 6.07) is 10.2. The van der Waals surface area contributed by atoms with Crippen LogP contribution < -0.4 is 24.4 Å². The number of ether oxygens (including phenoxy) is 3. The Morgan fingerprint density at radius 2 is 1.72 bits per heavy atom. The Kier molecular flexibility index (Phi) is 6.19. The summed E-state index contributed by atoms with van der Waals surface area (Å²) in [5, 5.41) is 2.55. The van der Waals surface area contributed by atoms with Crippen molar-refractivity contribution in [1.82, 2.24) is 5.32 Å². The topological polar surface area (TPSA) is 77.1 Å². The van der Waals surface area contributed by atoms with E-state index >= 15 is 0 Å². The SMILES string of the molecule is COc1ccc(N2C(=O)C(=Cc3cc(Br)cc(OC)c3OC)C(=O)NC2=S)cc1. The third kappa shape index (κ3) is 4.10. The van der Waals surface area contributed by atoms with Crippen molar-refractivity contribution in [2.45, 2.75) is 0 Å². The molecular formula is C20H17BrN2O5S. The van der Waals surface area contributed by atoms with Crippen molar-refractivity contribution in [3.63, 3.8) is 0 Å². The lowest BCUT2D eigenvalue weighted by Crippen LogP contribution is -2.54. The standard InChI is InChI=1S/C20H17BrN2O5S/c1-26-14-6-4-13(5-7-14)23-19(25)15(18(24)22-20(23)29)9-11-8-12(21)10-16(27-2)17(11)28-3/h4-10H,1-3H3,(H,22,24,29). The molecule has 0 aromatic heterocycles. The van der Waals surface area contributed by atoms with E-state index in [1.54, 1.807) is 43.5 Å². The van der Waals surface area contributed by atoms with E-state index < -0.39 is 11.8 Å². The molecule has 3 rings (SSSR count). The van der Waals surface area contributed by atoms with Gasteiger partial charge in [0, 0.05) is 10.0 Å². The number of carbonyl (C=O) groups excluding carboxylic acids is 2. The lowest BCUT2D eigenvalue weighted by Gasteiger charge is -2.29. The van der Waals surface area contributed by atoms with Gasteiger partial charge in [0.15, 0.2) is 16.6 Å². The Balaban J connectivity index is 2.07. The molecule has 7 nitrogen and oxygen atoms in total. The zero-order chi connectivity index (χ0) is 21.1. The summed E-state index contributed by atoms with van der Waals surface area (Å²) in [5.74, 6) is 0.346. The summed E-state index contributed by atoms with van der Waals surface area (Å²) < 4.78 is 16.6. The second-order valence-electron chi connectivity index (χ2n) is 5.89. The van der Waals surface area contributed by atoms with Crippen LogP contribution in [0.2, 0.25) is 0 Å². The maximum atomic E-state index is 13.1. The molecule has 0 aliphatic carbocycles. The average Bonchev–Trinajstić information content (AvgIpc) is 2.71. The fraction of sp³-hybridized carbons (Fsp3) is 0.150. The predicted molar refractivity (Wildman–Crippen MR) is 116 cm³/mol. The summed E-state index contributed by atoms with van der Waals surface area (Å²) in [6.45, 7) is 0. The summed E-state index contributed by atoms with van der Waals surface area (Å²) in [5.41, 5.74) is 0.915. The molecule has 1 fully saturated rings. The quantitative estimate of drug-likeness (QED) is 0.405. The number of hydrogen-bond acceptors (Lipinski definition) is 6. The van der Waals surface area contributed by atoms with E-state index in [9.17, 15) is 9.59 Å². The van der Waals surface area contributed by atoms with E-state index in [0.29, 0.717) is 33.0 Å². The summed E-state index contributed by atoms with van der Waals surface area (Å²) >= 11 is 8.60. The van der Waals surface area contributed by atoms with Crippen LogP contribution in [0.5, 0.6) is 17.2 Å². The number of anilines is 1. The second-order valence-corrected chi connectivity index (χ2v) is 7.19. The maximum Gasteiger partial charge on any atom is 0.270 e. The Morgan fingerprint density at radius 1 is 1.03 bits per heavy atom. The highest BCUT2D eigenvalue weighted by atomic mass is 79.9. The van der Waals surface area contributed by atoms with E-state index in [2.05, 4.69) is 21.2 Å². The highest BCUT2D eigenvalue weighted by molar-refractivity contribution is 9.10. The van der Waals surface area contributed by atoms with Crippen LogP contribution in [0.15, 0.2) is 46.4 Å². The number of carbonyl (C=O) groups is 2. The average molecular weight is 477 g/mol. The molecule has 0 atom stereocenters. The summed E-state index contributed by atoms with van der Waals surface area (Å²) in [7, 11) is 4.53. The number of benzene rings is 2. The first-order valence-corrected chi connectivity index (χ1v) is 9.56. The van der Waals surface area contributed by atoms with Gasteiger partial charge in [0.1, 0.15) is 11.3 Å². The van der Waals surface area contributed by atoms with Gasteiger partial charge in [-0.3, -0.25) is 19.8 Å². The summed E-state index contributed by atoms with van der Waals surface area (Å²) in [4.78, 5) is 26.9. The molecule has 9 heteroatoms. The van der Waals surface area contributed by atoms with Gasteiger partial charge in [-0.2, -0.15) is 0 Å². The molecule has 0 radical (unpaired) electrons. The van der Waals surface area contributed by atoms with Crippen LogP contribution in [-0.2, 0) is 9.59 Å². The molecule has 1 N–H and O–H groups in total. The van der Waals surface area contributed by atoms with Crippen LogP contribution in [0.4, 0.5) is 5.69 Å². The molecule has 1 aliphatic heterocycles. The van der Waals surface area contributed by atoms with Crippen LogP contribution in [-0.4, -0.2) is 38.3 Å². The van der Waals surface area contributed by atoms with Crippen LogP contribution in [0.3, 0.4) is 0 Å². The van der Waals surface area contributed by atoms with E-state index in [1.165, 1.54) is 25.2 Å². The molecule has 2 aromatic rings. The normalized spacial score (nSPS) is 15.4. The molecule has 1 aliphatic rings. The minimum atomic E-state index is -0.592. The summed E-state index contributed by atoms with van der Waals surface area (Å²) in [6.07, 6.45) is 1.45. The zero-order valence-electron chi connectivity index (χ0n) is 15.8. The molecule has 29 heavy (non-hydrogen) atoms. The number of rotatable bonds is 5. The Labute approximate surface area is 181 Å². The van der Waals surface area contributed by atoms with E-state index in [0.717, 1.165) is 0 Å². The van der Waals surface area contributed by atoms with Crippen LogP contribution in [0.25, 0.3) is 6.08 Å². The van der Waals surface area contributed by atoms with Crippen molar-refractivity contribution in [2.75, 3.05) is 26.2 Å². The molecule has 0 saturated carbocycles. The van der Waals surface area contributed by atoms with Crippen LogP contribution in [0, 0.1) is 0 Å². The minimum Gasteiger partial charge on any atom is -0.497 e. The molecule has 2 aromatic carbocycles. The van der Waals surface area contributed by atoms with Crippen LogP contribution in [0.1, 0.15) is 5.56 Å². The van der Waals surface area contributed by atoms with Gasteiger partial charge in [0.25, 0.3) is 11.8 Å². The van der Waals surface area contributed by atoms with E-state index in [4.69, 9.17) is 26.4 Å². The van der Waals surface area contributed by atoms with Crippen molar-refractivity contribution in [1.29, 1.82) is 0 Å². The first-order chi connectivity index (χ1) is 13.9. The van der Waals surface area contributed by atoms with Gasteiger partial charge < -0.3 is 14.2 Å². The van der Waals surface area contributed by atoms with Gasteiger partial charge >= 0.3 is 0 Å². The van der Waals surface area contributed by atoms with E-state index in [-0.39, 0.29) is 10.7 Å². The number of nitrogens with zero attached hydrogens (tertiary/aromatic N) is 1. The molecular weight excluding hydrogens is 460 g/mol. The fourth-order valence-electron chi connectivity index (χ4n) is 2.84. The number of hydrogen-bond donors (Lipinski definition) is 1. The Morgan fingerprint density at radius 3 is 2.31 bits per heavy atom. The molecule has 0 spiro atoms. The van der Waals surface area contributed by atoms with Crippen molar-refractivity contribution in [3.8, 4) is 17.2 Å². The van der Waals surface area contributed by atoms with Gasteiger partial charge in [0.2, 0.25) is 0 Å². The van der Waals surface area contributed by atoms with Crippen molar-refractivity contribution < 1.29 is 23.8 Å². The Hall–Kier alpha value is -2.91. The molecule has 2 amide bonds. The van der Waals surface area contributed by atoms with Crippen LogP contribution >= 0.6 is 28.1 Å². The highest BCUT2D eigenvalue weighted by Crippen LogP contribution is 2.36. The minimum absolute atomic E-state index is 0.00102. The maximum absolute atomic E-state index is 13.1. The first kappa shape index (κ1) is 20.8.